The first-order valence-electron chi connectivity index (χ1n) is 8.93. The van der Waals surface area contributed by atoms with Gasteiger partial charge in [-0.3, -0.25) is 4.79 Å². The number of thiophene rings is 1. The number of nitrogens with zero attached hydrogens (tertiary/aromatic N) is 2. The van der Waals surface area contributed by atoms with Crippen molar-refractivity contribution in [3.8, 4) is 5.75 Å². The normalized spacial score (nSPS) is 15.8. The number of furan rings is 1. The molecule has 1 amide bonds. The first kappa shape index (κ1) is 18.9. The van der Waals surface area contributed by atoms with Crippen LogP contribution in [0.25, 0.3) is 0 Å². The summed E-state index contributed by atoms with van der Waals surface area (Å²) in [5, 5.41) is 7.61. The van der Waals surface area contributed by atoms with Gasteiger partial charge in [0.25, 0.3) is 5.91 Å². The third-order valence-electron chi connectivity index (χ3n) is 4.51. The molecule has 8 heteroatoms. The first-order chi connectivity index (χ1) is 14.2. The Hall–Kier alpha value is -3.39. The number of benzene rings is 1. The average molecular weight is 410 g/mol. The molecule has 1 aromatic carbocycles. The van der Waals surface area contributed by atoms with Crippen molar-refractivity contribution in [3.05, 3.63) is 76.4 Å². The van der Waals surface area contributed by atoms with Gasteiger partial charge in [0.2, 0.25) is 0 Å². The molecule has 0 radical (unpaired) electrons. The van der Waals surface area contributed by atoms with E-state index in [0.717, 1.165) is 17.0 Å². The van der Waals surface area contributed by atoms with Gasteiger partial charge in [0.05, 0.1) is 19.1 Å². The summed E-state index contributed by atoms with van der Waals surface area (Å²) in [5.74, 6) is 0.416. The molecule has 0 aliphatic carbocycles. The molecule has 0 bridgehead atoms. The maximum absolute atomic E-state index is 12.8. The minimum atomic E-state index is -0.526. The van der Waals surface area contributed by atoms with Crippen LogP contribution in [0.3, 0.4) is 0 Å². The molecule has 1 aliphatic rings. The summed E-state index contributed by atoms with van der Waals surface area (Å²) in [5.41, 5.74) is 1.63. The highest BCUT2D eigenvalue weighted by Gasteiger charge is 2.35. The van der Waals surface area contributed by atoms with Crippen molar-refractivity contribution in [3.63, 3.8) is 0 Å². The Balaban J connectivity index is 1.52. The van der Waals surface area contributed by atoms with E-state index in [2.05, 4.69) is 5.10 Å². The Kier molecular flexibility index (Phi) is 5.44. The van der Waals surface area contributed by atoms with Gasteiger partial charge in [-0.15, -0.1) is 11.3 Å². The summed E-state index contributed by atoms with van der Waals surface area (Å²) in [6.45, 7) is -0.396. The van der Waals surface area contributed by atoms with Crippen LogP contribution in [0, 0.1) is 0 Å². The summed E-state index contributed by atoms with van der Waals surface area (Å²) < 4.78 is 15.9. The van der Waals surface area contributed by atoms with Crippen molar-refractivity contribution in [2.45, 2.75) is 12.5 Å². The quantitative estimate of drug-likeness (QED) is 0.576. The summed E-state index contributed by atoms with van der Waals surface area (Å²) in [6, 6.07) is 14.0. The van der Waals surface area contributed by atoms with E-state index in [9.17, 15) is 9.59 Å². The van der Waals surface area contributed by atoms with Crippen LogP contribution >= 0.6 is 11.3 Å². The van der Waals surface area contributed by atoms with E-state index < -0.39 is 24.5 Å². The van der Waals surface area contributed by atoms with Crippen LogP contribution in [-0.2, 0) is 9.53 Å². The topological polar surface area (TPSA) is 81.3 Å². The summed E-state index contributed by atoms with van der Waals surface area (Å²) in [6.07, 6.45) is 2.05. The molecule has 0 spiro atoms. The average Bonchev–Trinajstić information content (AvgIpc) is 3.52. The lowest BCUT2D eigenvalue weighted by Crippen LogP contribution is -2.31. The lowest BCUT2D eigenvalue weighted by molar-refractivity contribution is -0.136. The van der Waals surface area contributed by atoms with Crippen LogP contribution < -0.4 is 4.74 Å². The molecule has 7 nitrogen and oxygen atoms in total. The Morgan fingerprint density at radius 2 is 2.03 bits per heavy atom. The lowest BCUT2D eigenvalue weighted by Gasteiger charge is -2.19. The minimum absolute atomic E-state index is 0.393. The fourth-order valence-electron chi connectivity index (χ4n) is 3.06. The number of hydrazone groups is 1. The predicted octanol–water partition coefficient (Wildman–Crippen LogP) is 3.88. The molecule has 0 saturated carbocycles. The third kappa shape index (κ3) is 4.07. The molecular formula is C21H18N2O5S. The van der Waals surface area contributed by atoms with Gasteiger partial charge in [-0.2, -0.15) is 5.10 Å². The zero-order chi connectivity index (χ0) is 20.2. The van der Waals surface area contributed by atoms with Crippen molar-refractivity contribution >= 4 is 28.9 Å². The van der Waals surface area contributed by atoms with Crippen LogP contribution in [0.4, 0.5) is 0 Å². The van der Waals surface area contributed by atoms with Gasteiger partial charge in [0.15, 0.2) is 6.61 Å². The standard InChI is InChI=1S/C21H18N2O5S/c1-26-15-8-6-14(7-9-15)16-12-17(18-4-2-10-27-18)23(22-16)20(24)13-28-21(25)19-5-3-11-29-19/h2-11,17H,12-13H2,1H3/t17-/m0/s1. The molecule has 4 rings (SSSR count). The fourth-order valence-corrected chi connectivity index (χ4v) is 3.68. The molecule has 1 aliphatic heterocycles. The van der Waals surface area contributed by atoms with Crippen LogP contribution in [0.15, 0.2) is 69.7 Å². The maximum Gasteiger partial charge on any atom is 0.348 e. The molecule has 29 heavy (non-hydrogen) atoms. The second kappa shape index (κ2) is 8.32. The number of esters is 1. The largest absolute Gasteiger partial charge is 0.497 e. The summed E-state index contributed by atoms with van der Waals surface area (Å²) >= 11 is 1.26. The zero-order valence-electron chi connectivity index (χ0n) is 15.6. The number of ether oxygens (including phenoxy) is 2. The molecular weight excluding hydrogens is 392 g/mol. The van der Waals surface area contributed by atoms with E-state index in [1.165, 1.54) is 16.3 Å². The summed E-state index contributed by atoms with van der Waals surface area (Å²) in [7, 11) is 1.60. The van der Waals surface area contributed by atoms with Gasteiger partial charge in [0.1, 0.15) is 22.4 Å². The highest BCUT2D eigenvalue weighted by atomic mass is 32.1. The van der Waals surface area contributed by atoms with Crippen molar-refractivity contribution in [2.75, 3.05) is 13.7 Å². The van der Waals surface area contributed by atoms with Crippen LogP contribution in [0.5, 0.6) is 5.75 Å². The number of rotatable bonds is 6. The second-order valence-electron chi connectivity index (χ2n) is 6.30. The molecule has 0 unspecified atom stereocenters. The molecule has 2 aromatic heterocycles. The fraction of sp³-hybridized carbons (Fsp3) is 0.190. The van der Waals surface area contributed by atoms with Gasteiger partial charge in [-0.05, 0) is 53.4 Å². The Morgan fingerprint density at radius 1 is 1.21 bits per heavy atom. The molecule has 148 valence electrons. The van der Waals surface area contributed by atoms with Gasteiger partial charge in [0, 0.05) is 6.42 Å². The lowest BCUT2D eigenvalue weighted by atomic mass is 10.0. The SMILES string of the molecule is COc1ccc(C2=NN(C(=O)COC(=O)c3cccs3)[C@H](c3ccco3)C2)cc1. The smallest absolute Gasteiger partial charge is 0.348 e. The van der Waals surface area contributed by atoms with Crippen molar-refractivity contribution in [1.82, 2.24) is 5.01 Å². The molecule has 3 heterocycles. The third-order valence-corrected chi connectivity index (χ3v) is 5.36. The maximum atomic E-state index is 12.8. The zero-order valence-corrected chi connectivity index (χ0v) is 16.4. The second-order valence-corrected chi connectivity index (χ2v) is 7.25. The van der Waals surface area contributed by atoms with E-state index in [1.54, 1.807) is 43.0 Å². The minimum Gasteiger partial charge on any atom is -0.497 e. The van der Waals surface area contributed by atoms with Crippen LogP contribution in [-0.4, -0.2) is 36.3 Å². The number of methoxy groups -OCH3 is 1. The number of hydrogen-bond acceptors (Lipinski definition) is 7. The summed E-state index contributed by atoms with van der Waals surface area (Å²) in [4.78, 5) is 25.3. The van der Waals surface area contributed by atoms with Crippen molar-refractivity contribution < 1.29 is 23.5 Å². The van der Waals surface area contributed by atoms with Crippen LogP contribution in [0.1, 0.15) is 33.5 Å². The van der Waals surface area contributed by atoms with Gasteiger partial charge >= 0.3 is 5.97 Å². The Bertz CT molecular complexity index is 1010. The van der Waals surface area contributed by atoms with E-state index in [4.69, 9.17) is 13.9 Å². The van der Waals surface area contributed by atoms with Crippen LogP contribution in [0.2, 0.25) is 0 Å². The van der Waals surface area contributed by atoms with Crippen molar-refractivity contribution in [1.29, 1.82) is 0 Å². The molecule has 3 aromatic rings. The number of carbonyl (C=O) groups excluding carboxylic acids is 2. The molecule has 0 saturated heterocycles. The number of hydrogen-bond donors (Lipinski definition) is 0. The van der Waals surface area contributed by atoms with Gasteiger partial charge in [-0.25, -0.2) is 9.80 Å². The molecule has 1 atom stereocenters. The molecule has 0 fully saturated rings. The Morgan fingerprint density at radius 3 is 2.69 bits per heavy atom. The first-order valence-corrected chi connectivity index (χ1v) is 9.81. The van der Waals surface area contributed by atoms with E-state index >= 15 is 0 Å². The highest BCUT2D eigenvalue weighted by Crippen LogP contribution is 2.33. The van der Waals surface area contributed by atoms with E-state index in [1.807, 2.05) is 24.3 Å². The van der Waals surface area contributed by atoms with E-state index in [-0.39, 0.29) is 0 Å². The number of carbonyl (C=O) groups is 2. The highest BCUT2D eigenvalue weighted by molar-refractivity contribution is 7.11. The predicted molar refractivity (Wildman–Crippen MR) is 107 cm³/mol. The molecule has 0 N–H and O–H groups in total. The van der Waals surface area contributed by atoms with Gasteiger partial charge < -0.3 is 13.9 Å². The van der Waals surface area contributed by atoms with Crippen molar-refractivity contribution in [2.24, 2.45) is 5.10 Å². The monoisotopic (exact) mass is 410 g/mol. The Labute approximate surface area is 171 Å². The van der Waals surface area contributed by atoms with Gasteiger partial charge in [-0.1, -0.05) is 6.07 Å². The number of amides is 1. The van der Waals surface area contributed by atoms with E-state index in [0.29, 0.717) is 17.1 Å².